The molecule has 242 valence electrons. The molecule has 1 atom stereocenters. The van der Waals surface area contributed by atoms with Crippen LogP contribution in [0.15, 0.2) is 90.3 Å². The van der Waals surface area contributed by atoms with Gasteiger partial charge in [-0.3, -0.25) is 0 Å². The zero-order valence-corrected chi connectivity index (χ0v) is 33.9. The van der Waals surface area contributed by atoms with E-state index in [4.69, 9.17) is 10.3 Å². The molecular formula is C39H51HfN5S. The largest absolute Gasteiger partial charge is 4.00 e. The number of aromatic nitrogens is 1. The summed E-state index contributed by atoms with van der Waals surface area (Å²) in [5, 5.41) is 21.7. The molecule has 5 aromatic rings. The fourth-order valence-corrected chi connectivity index (χ4v) is 5.82. The van der Waals surface area contributed by atoms with Gasteiger partial charge in [-0.25, -0.2) is 4.98 Å². The molecule has 0 spiro atoms. The summed E-state index contributed by atoms with van der Waals surface area (Å²) in [5.74, 6) is 0.785. The van der Waals surface area contributed by atoms with Crippen molar-refractivity contribution in [3.05, 3.63) is 139 Å². The molecule has 0 saturated heterocycles. The predicted octanol–water partition coefficient (Wildman–Crippen LogP) is 12.2. The van der Waals surface area contributed by atoms with Crippen LogP contribution in [0.2, 0.25) is 0 Å². The number of rotatable bonds is 7. The molecule has 1 unspecified atom stereocenters. The van der Waals surface area contributed by atoms with Crippen LogP contribution in [0.5, 0.6) is 0 Å². The molecule has 5 nitrogen and oxygen atoms in total. The van der Waals surface area contributed by atoms with Gasteiger partial charge in [0.15, 0.2) is 0 Å². The second kappa shape index (κ2) is 22.0. The summed E-state index contributed by atoms with van der Waals surface area (Å²) < 4.78 is 0. The molecule has 0 aliphatic rings. The first-order valence-corrected chi connectivity index (χ1v) is 16.3. The van der Waals surface area contributed by atoms with Gasteiger partial charge in [0.05, 0.1) is 10.7 Å². The zero-order chi connectivity index (χ0) is 33.4. The van der Waals surface area contributed by atoms with Gasteiger partial charge >= 0.3 is 25.8 Å². The number of thiazole rings is 1. The van der Waals surface area contributed by atoms with Crippen molar-refractivity contribution < 1.29 is 25.8 Å². The molecule has 0 fully saturated rings. The fourth-order valence-electron chi connectivity index (χ4n) is 4.95. The Labute approximate surface area is 301 Å². The molecule has 0 radical (unpaired) electrons. The average Bonchev–Trinajstić information content (AvgIpc) is 3.50. The minimum Gasteiger partial charge on any atom is -0.672 e. The summed E-state index contributed by atoms with van der Waals surface area (Å²) in [6, 6.07) is 30.0. The van der Waals surface area contributed by atoms with Crippen molar-refractivity contribution in [1.82, 2.24) is 4.98 Å². The Morgan fingerprint density at radius 3 is 1.70 bits per heavy atom. The first-order valence-electron chi connectivity index (χ1n) is 15.4. The SMILES string of the molecule is C[N-]C.C[N-]C.C[N-]C.Cc1ccc2ccccc2c1-c1csc(C([N-]c2c(C(C)C)cccc2C(C)C)c2ccccc2)n1.[Hf+4]. The van der Waals surface area contributed by atoms with Gasteiger partial charge in [0.1, 0.15) is 0 Å². The van der Waals surface area contributed by atoms with Crippen molar-refractivity contribution in [1.29, 1.82) is 0 Å². The molecule has 0 aliphatic carbocycles. The number of nitrogens with zero attached hydrogens (tertiary/aromatic N) is 5. The predicted molar refractivity (Wildman–Crippen MR) is 201 cm³/mol. The minimum absolute atomic E-state index is 0. The molecule has 46 heavy (non-hydrogen) atoms. The molecule has 0 amide bonds. The van der Waals surface area contributed by atoms with E-state index in [1.807, 2.05) is 0 Å². The van der Waals surface area contributed by atoms with Gasteiger partial charge in [-0.2, -0.15) is 42.3 Å². The van der Waals surface area contributed by atoms with E-state index in [0.717, 1.165) is 16.4 Å². The van der Waals surface area contributed by atoms with Gasteiger partial charge in [-0.15, -0.1) is 17.0 Å². The Balaban J connectivity index is 0.000000952. The van der Waals surface area contributed by atoms with Crippen LogP contribution in [-0.2, 0) is 25.8 Å². The second-order valence-corrected chi connectivity index (χ2v) is 12.3. The van der Waals surface area contributed by atoms with Gasteiger partial charge in [-0.1, -0.05) is 129 Å². The van der Waals surface area contributed by atoms with Gasteiger partial charge < -0.3 is 21.3 Å². The third-order valence-electron chi connectivity index (χ3n) is 6.87. The van der Waals surface area contributed by atoms with Crippen LogP contribution in [-0.4, -0.2) is 47.3 Å². The van der Waals surface area contributed by atoms with Crippen molar-refractivity contribution in [3.63, 3.8) is 0 Å². The summed E-state index contributed by atoms with van der Waals surface area (Å²) in [6.07, 6.45) is 0. The number of para-hydroxylation sites is 1. The van der Waals surface area contributed by atoms with E-state index >= 15 is 0 Å². The van der Waals surface area contributed by atoms with Crippen LogP contribution >= 0.6 is 11.3 Å². The third kappa shape index (κ3) is 11.5. The summed E-state index contributed by atoms with van der Waals surface area (Å²) in [5.41, 5.74) is 8.36. The molecule has 0 bridgehead atoms. The Morgan fingerprint density at radius 2 is 1.15 bits per heavy atom. The Hall–Kier alpha value is -2.68. The average molecular weight is 800 g/mol. The van der Waals surface area contributed by atoms with E-state index in [1.165, 1.54) is 38.6 Å². The molecule has 7 heteroatoms. The Morgan fingerprint density at radius 1 is 0.630 bits per heavy atom. The van der Waals surface area contributed by atoms with Crippen molar-refractivity contribution in [2.45, 2.75) is 52.5 Å². The van der Waals surface area contributed by atoms with Crippen LogP contribution in [0.1, 0.15) is 72.8 Å². The normalized spacial score (nSPS) is 10.9. The van der Waals surface area contributed by atoms with Crippen molar-refractivity contribution in [2.24, 2.45) is 0 Å². The van der Waals surface area contributed by atoms with Gasteiger partial charge in [0.25, 0.3) is 0 Å². The summed E-state index contributed by atoms with van der Waals surface area (Å²) in [6.45, 7) is 11.2. The van der Waals surface area contributed by atoms with Gasteiger partial charge in [0.2, 0.25) is 0 Å². The van der Waals surface area contributed by atoms with E-state index < -0.39 is 0 Å². The van der Waals surface area contributed by atoms with Crippen LogP contribution in [0.4, 0.5) is 5.69 Å². The topological polar surface area (TPSA) is 69.3 Å². The van der Waals surface area contributed by atoms with Crippen LogP contribution < -0.4 is 0 Å². The number of hydrogen-bond donors (Lipinski definition) is 0. The zero-order valence-electron chi connectivity index (χ0n) is 29.5. The van der Waals surface area contributed by atoms with E-state index in [-0.39, 0.29) is 31.9 Å². The van der Waals surface area contributed by atoms with E-state index in [1.54, 1.807) is 53.6 Å². The first-order chi connectivity index (χ1) is 21.7. The number of fused-ring (bicyclic) bond motifs is 1. The standard InChI is InChI=1S/C33H33N2S.3C2H6N.Hf/c1-21(2)26-16-11-17-27(22(3)4)32(26)35-31(25-13-7-6-8-14-25)33-34-29(20-36-33)30-23(5)18-19-24-12-9-10-15-28(24)30;3*1-3-2;/h6-22,31H,1-5H3;3*1-2H3;/q4*-1;+4. The van der Waals surface area contributed by atoms with Gasteiger partial charge in [-0.05, 0) is 41.1 Å². The van der Waals surface area contributed by atoms with E-state index in [9.17, 15) is 0 Å². The quantitative estimate of drug-likeness (QED) is 0.151. The van der Waals surface area contributed by atoms with Crippen molar-refractivity contribution >= 4 is 27.8 Å². The third-order valence-corrected chi connectivity index (χ3v) is 7.76. The summed E-state index contributed by atoms with van der Waals surface area (Å²) >= 11 is 1.71. The first kappa shape index (κ1) is 41.3. The van der Waals surface area contributed by atoms with Crippen LogP contribution in [0, 0.1) is 6.92 Å². The molecule has 1 aromatic heterocycles. The fraction of sp³-hybridized carbons (Fsp3) is 0.359. The van der Waals surface area contributed by atoms with Gasteiger partial charge in [0, 0.05) is 10.9 Å². The maximum absolute atomic E-state index is 5.48. The second-order valence-electron chi connectivity index (χ2n) is 11.4. The molecule has 1 heterocycles. The molecule has 0 N–H and O–H groups in total. The molecule has 0 aliphatic heterocycles. The smallest absolute Gasteiger partial charge is 0.672 e. The van der Waals surface area contributed by atoms with Crippen molar-refractivity contribution in [3.8, 4) is 11.3 Å². The monoisotopic (exact) mass is 801 g/mol. The van der Waals surface area contributed by atoms with Crippen LogP contribution in [0.25, 0.3) is 43.3 Å². The summed E-state index contributed by atoms with van der Waals surface area (Å²) in [4.78, 5) is 5.24. The maximum atomic E-state index is 5.48. The van der Waals surface area contributed by atoms with Crippen molar-refractivity contribution in [2.75, 3.05) is 42.3 Å². The Bertz CT molecular complexity index is 1520. The number of benzene rings is 4. The molecular weight excluding hydrogens is 749 g/mol. The minimum atomic E-state index is -0.155. The Kier molecular flexibility index (Phi) is 19.8. The molecule has 4 aromatic carbocycles. The summed E-state index contributed by atoms with van der Waals surface area (Å²) in [7, 11) is 10.5. The maximum Gasteiger partial charge on any atom is 4.00 e. The number of hydrogen-bond acceptors (Lipinski definition) is 2. The number of aryl methyl sites for hydroxylation is 1. The van der Waals surface area contributed by atoms with E-state index in [0.29, 0.717) is 11.8 Å². The molecule has 5 rings (SSSR count). The van der Waals surface area contributed by atoms with E-state index in [2.05, 4.69) is 141 Å². The molecule has 0 saturated carbocycles. The van der Waals surface area contributed by atoms with Crippen LogP contribution in [0.3, 0.4) is 0 Å².